The Bertz CT molecular complexity index is 211. The van der Waals surface area contributed by atoms with Crippen molar-refractivity contribution < 1.29 is 4.74 Å². The first-order valence-electron chi connectivity index (χ1n) is 3.69. The molecule has 1 nitrogen and oxygen atoms in total. The van der Waals surface area contributed by atoms with Gasteiger partial charge < -0.3 is 4.74 Å². The number of alkyl halides is 2. The van der Waals surface area contributed by atoms with Crippen LogP contribution < -0.4 is 0 Å². The van der Waals surface area contributed by atoms with Crippen molar-refractivity contribution in [3.63, 3.8) is 0 Å². The van der Waals surface area contributed by atoms with Crippen LogP contribution >= 0.6 is 23.2 Å². The molecular formula is C9H10Cl2O. The number of halogens is 2. The standard InChI is InChI=1S/C9H10Cl2O/c10-9(11)7-12-6-8-4-2-1-3-5-8/h1-5,9H,6-7H2. The summed E-state index contributed by atoms with van der Waals surface area (Å²) in [7, 11) is 0. The zero-order valence-corrected chi connectivity index (χ0v) is 8.05. The Hall–Kier alpha value is -0.240. The van der Waals surface area contributed by atoms with E-state index in [0.29, 0.717) is 13.2 Å². The molecule has 0 aliphatic rings. The number of rotatable bonds is 4. The second-order valence-electron chi connectivity index (χ2n) is 2.39. The molecule has 0 bridgehead atoms. The highest BCUT2D eigenvalue weighted by Crippen LogP contribution is 2.05. The second kappa shape index (κ2) is 5.41. The number of hydrogen-bond donors (Lipinski definition) is 0. The lowest BCUT2D eigenvalue weighted by atomic mass is 10.2. The van der Waals surface area contributed by atoms with Gasteiger partial charge in [-0.15, -0.1) is 23.2 Å². The molecule has 0 unspecified atom stereocenters. The molecule has 3 heteroatoms. The fourth-order valence-electron chi connectivity index (χ4n) is 0.840. The first-order valence-corrected chi connectivity index (χ1v) is 4.56. The highest BCUT2D eigenvalue weighted by atomic mass is 35.5. The first-order chi connectivity index (χ1) is 5.79. The van der Waals surface area contributed by atoms with Crippen LogP contribution in [0.1, 0.15) is 5.56 Å². The molecule has 1 aromatic carbocycles. The molecule has 0 saturated carbocycles. The van der Waals surface area contributed by atoms with Gasteiger partial charge in [0.05, 0.1) is 13.2 Å². The minimum absolute atomic E-state index is 0.373. The van der Waals surface area contributed by atoms with Crippen LogP contribution in [0.2, 0.25) is 0 Å². The summed E-state index contributed by atoms with van der Waals surface area (Å²) in [6.07, 6.45) is 0. The summed E-state index contributed by atoms with van der Waals surface area (Å²) in [5.74, 6) is 0. The molecule has 0 radical (unpaired) electrons. The Kier molecular flexibility index (Phi) is 4.44. The van der Waals surface area contributed by atoms with E-state index in [9.17, 15) is 0 Å². The molecule has 0 spiro atoms. The third-order valence-electron chi connectivity index (χ3n) is 1.36. The smallest absolute Gasteiger partial charge is 0.131 e. The lowest BCUT2D eigenvalue weighted by Crippen LogP contribution is -2.01. The van der Waals surface area contributed by atoms with Gasteiger partial charge in [0.1, 0.15) is 4.84 Å². The molecule has 1 rings (SSSR count). The largest absolute Gasteiger partial charge is 0.374 e. The average Bonchev–Trinajstić information content (AvgIpc) is 2.05. The quantitative estimate of drug-likeness (QED) is 0.686. The van der Waals surface area contributed by atoms with E-state index in [0.717, 1.165) is 5.56 Å². The van der Waals surface area contributed by atoms with Crippen molar-refractivity contribution in [2.24, 2.45) is 0 Å². The van der Waals surface area contributed by atoms with E-state index in [-0.39, 0.29) is 0 Å². The Labute approximate surface area is 82.2 Å². The van der Waals surface area contributed by atoms with Crippen molar-refractivity contribution in [1.82, 2.24) is 0 Å². The summed E-state index contributed by atoms with van der Waals surface area (Å²) in [6.45, 7) is 0.939. The maximum Gasteiger partial charge on any atom is 0.131 e. The van der Waals surface area contributed by atoms with E-state index < -0.39 is 4.84 Å². The van der Waals surface area contributed by atoms with Gasteiger partial charge in [-0.1, -0.05) is 30.3 Å². The first kappa shape index (κ1) is 9.85. The minimum atomic E-state index is -0.436. The number of hydrogen-bond acceptors (Lipinski definition) is 1. The molecule has 0 amide bonds. The lowest BCUT2D eigenvalue weighted by molar-refractivity contribution is 0.131. The summed E-state index contributed by atoms with van der Waals surface area (Å²) in [5, 5.41) is 0. The molecule has 0 atom stereocenters. The van der Waals surface area contributed by atoms with Crippen molar-refractivity contribution in [1.29, 1.82) is 0 Å². The molecule has 12 heavy (non-hydrogen) atoms. The van der Waals surface area contributed by atoms with Gasteiger partial charge in [-0.2, -0.15) is 0 Å². The lowest BCUT2D eigenvalue weighted by Gasteiger charge is -2.03. The Balaban J connectivity index is 2.25. The van der Waals surface area contributed by atoms with Crippen molar-refractivity contribution >= 4 is 23.2 Å². The van der Waals surface area contributed by atoms with E-state index in [1.54, 1.807) is 0 Å². The monoisotopic (exact) mass is 204 g/mol. The number of benzene rings is 1. The van der Waals surface area contributed by atoms with Crippen molar-refractivity contribution in [2.75, 3.05) is 6.61 Å². The van der Waals surface area contributed by atoms with E-state index >= 15 is 0 Å². The SMILES string of the molecule is ClC(Cl)COCc1ccccc1. The van der Waals surface area contributed by atoms with Crippen LogP contribution in [0.5, 0.6) is 0 Å². The molecule has 0 N–H and O–H groups in total. The van der Waals surface area contributed by atoms with Crippen LogP contribution in [-0.4, -0.2) is 11.4 Å². The summed E-state index contributed by atoms with van der Waals surface area (Å²) < 4.78 is 5.22. The zero-order valence-electron chi connectivity index (χ0n) is 6.54. The van der Waals surface area contributed by atoms with Crippen molar-refractivity contribution in [2.45, 2.75) is 11.4 Å². The Morgan fingerprint density at radius 2 is 1.83 bits per heavy atom. The van der Waals surface area contributed by atoms with E-state index in [4.69, 9.17) is 27.9 Å². The summed E-state index contributed by atoms with van der Waals surface area (Å²) in [5.41, 5.74) is 1.13. The molecular weight excluding hydrogens is 195 g/mol. The van der Waals surface area contributed by atoms with Crippen LogP contribution in [0.3, 0.4) is 0 Å². The fraction of sp³-hybridized carbons (Fsp3) is 0.333. The fourth-order valence-corrected chi connectivity index (χ4v) is 1.02. The van der Waals surface area contributed by atoms with Crippen LogP contribution in [0.4, 0.5) is 0 Å². The van der Waals surface area contributed by atoms with Crippen LogP contribution in [-0.2, 0) is 11.3 Å². The molecule has 0 heterocycles. The summed E-state index contributed by atoms with van der Waals surface area (Å²) in [6, 6.07) is 9.90. The molecule has 0 aromatic heterocycles. The van der Waals surface area contributed by atoms with Gasteiger partial charge in [-0.05, 0) is 5.56 Å². The summed E-state index contributed by atoms with van der Waals surface area (Å²) >= 11 is 11.0. The number of ether oxygens (including phenoxy) is 1. The third-order valence-corrected chi connectivity index (χ3v) is 1.61. The zero-order chi connectivity index (χ0) is 8.81. The van der Waals surface area contributed by atoms with E-state index in [2.05, 4.69) is 0 Å². The molecule has 0 aliphatic carbocycles. The maximum absolute atomic E-state index is 5.48. The second-order valence-corrected chi connectivity index (χ2v) is 3.67. The van der Waals surface area contributed by atoms with Crippen LogP contribution in [0.15, 0.2) is 30.3 Å². The van der Waals surface area contributed by atoms with Crippen molar-refractivity contribution in [3.8, 4) is 0 Å². The van der Waals surface area contributed by atoms with Gasteiger partial charge >= 0.3 is 0 Å². The Morgan fingerprint density at radius 1 is 1.17 bits per heavy atom. The van der Waals surface area contributed by atoms with Crippen LogP contribution in [0.25, 0.3) is 0 Å². The van der Waals surface area contributed by atoms with Gasteiger partial charge in [0, 0.05) is 0 Å². The predicted octanol–water partition coefficient (Wildman–Crippen LogP) is 3.01. The molecule has 0 fully saturated rings. The highest BCUT2D eigenvalue weighted by molar-refractivity contribution is 6.44. The molecule has 1 aromatic rings. The van der Waals surface area contributed by atoms with Gasteiger partial charge in [0.15, 0.2) is 0 Å². The van der Waals surface area contributed by atoms with E-state index in [1.807, 2.05) is 30.3 Å². The van der Waals surface area contributed by atoms with Gasteiger partial charge in [-0.3, -0.25) is 0 Å². The average molecular weight is 205 g/mol. The van der Waals surface area contributed by atoms with Crippen molar-refractivity contribution in [3.05, 3.63) is 35.9 Å². The topological polar surface area (TPSA) is 9.23 Å². The third kappa shape index (κ3) is 3.96. The van der Waals surface area contributed by atoms with Gasteiger partial charge in [0.25, 0.3) is 0 Å². The molecule has 0 aliphatic heterocycles. The minimum Gasteiger partial charge on any atom is -0.374 e. The predicted molar refractivity (Wildman–Crippen MR) is 51.6 cm³/mol. The summed E-state index contributed by atoms with van der Waals surface area (Å²) in [4.78, 5) is -0.436. The van der Waals surface area contributed by atoms with E-state index in [1.165, 1.54) is 0 Å². The molecule has 66 valence electrons. The highest BCUT2D eigenvalue weighted by Gasteiger charge is 1.97. The van der Waals surface area contributed by atoms with Crippen LogP contribution in [0, 0.1) is 0 Å². The maximum atomic E-state index is 5.48. The van der Waals surface area contributed by atoms with Gasteiger partial charge in [0.2, 0.25) is 0 Å². The van der Waals surface area contributed by atoms with Gasteiger partial charge in [-0.25, -0.2) is 0 Å². The normalized spacial score (nSPS) is 10.6. The Morgan fingerprint density at radius 3 is 2.42 bits per heavy atom. The molecule has 0 saturated heterocycles.